The molecule has 0 radical (unpaired) electrons. The molecule has 1 N–H and O–H groups in total. The number of hydrogen-bond acceptors (Lipinski definition) is 3. The van der Waals surface area contributed by atoms with Crippen LogP contribution in [0.15, 0.2) is 35.9 Å². The van der Waals surface area contributed by atoms with Crippen molar-refractivity contribution < 1.29 is 4.92 Å². The van der Waals surface area contributed by atoms with E-state index in [-0.39, 0.29) is 10.6 Å². The summed E-state index contributed by atoms with van der Waals surface area (Å²) in [6.07, 6.45) is 8.44. The molecule has 2 rings (SSSR count). The van der Waals surface area contributed by atoms with Crippen molar-refractivity contribution in [3.05, 3.63) is 51.6 Å². The van der Waals surface area contributed by atoms with E-state index in [9.17, 15) is 10.1 Å². The van der Waals surface area contributed by atoms with Crippen LogP contribution in [0.5, 0.6) is 0 Å². The van der Waals surface area contributed by atoms with Crippen LogP contribution in [0.3, 0.4) is 0 Å². The van der Waals surface area contributed by atoms with Gasteiger partial charge in [-0.15, -0.1) is 0 Å². The van der Waals surface area contributed by atoms with Crippen LogP contribution < -0.4 is 5.32 Å². The van der Waals surface area contributed by atoms with Crippen LogP contribution in [0.1, 0.15) is 37.7 Å². The van der Waals surface area contributed by atoms with Gasteiger partial charge in [0.1, 0.15) is 0 Å². The maximum absolute atomic E-state index is 10.9. The number of allylic oxidation sites excluding steroid dienone is 1. The molecule has 4 nitrogen and oxygen atoms in total. The van der Waals surface area contributed by atoms with Gasteiger partial charge < -0.3 is 5.32 Å². The van der Waals surface area contributed by atoms with Crippen LogP contribution in [0.4, 0.5) is 5.69 Å². The molecule has 0 atom stereocenters. The number of rotatable bonds is 6. The van der Waals surface area contributed by atoms with E-state index in [1.807, 2.05) is 12.1 Å². The number of benzene rings is 1. The lowest BCUT2D eigenvalue weighted by Gasteiger charge is -2.12. The number of nitrogens with zero attached hydrogens (tertiary/aromatic N) is 1. The predicted molar refractivity (Wildman–Crippen MR) is 76.0 cm³/mol. The Kier molecular flexibility index (Phi) is 5.10. The van der Waals surface area contributed by atoms with Crippen molar-refractivity contribution >= 4 is 5.69 Å². The van der Waals surface area contributed by atoms with Crippen molar-refractivity contribution in [2.24, 2.45) is 0 Å². The normalized spacial score (nSPS) is 15.1. The zero-order valence-electron chi connectivity index (χ0n) is 11.1. The molecule has 102 valence electrons. The van der Waals surface area contributed by atoms with Crippen LogP contribution in [0, 0.1) is 10.1 Å². The molecule has 1 aromatic carbocycles. The maximum atomic E-state index is 10.9. The van der Waals surface area contributed by atoms with E-state index < -0.39 is 0 Å². The lowest BCUT2D eigenvalue weighted by atomic mass is 9.97. The molecule has 1 aliphatic carbocycles. The second kappa shape index (κ2) is 7.04. The third-order valence-corrected chi connectivity index (χ3v) is 3.51. The van der Waals surface area contributed by atoms with E-state index in [2.05, 4.69) is 11.4 Å². The average Bonchev–Trinajstić information content (AvgIpc) is 2.45. The third-order valence-electron chi connectivity index (χ3n) is 3.51. The van der Waals surface area contributed by atoms with E-state index in [0.717, 1.165) is 18.5 Å². The van der Waals surface area contributed by atoms with Crippen molar-refractivity contribution in [2.45, 2.75) is 38.6 Å². The van der Waals surface area contributed by atoms with E-state index in [0.29, 0.717) is 6.54 Å². The summed E-state index contributed by atoms with van der Waals surface area (Å²) in [7, 11) is 0. The van der Waals surface area contributed by atoms with Crippen molar-refractivity contribution in [3.63, 3.8) is 0 Å². The summed E-state index contributed by atoms with van der Waals surface area (Å²) in [6, 6.07) is 6.91. The van der Waals surface area contributed by atoms with Gasteiger partial charge in [0.2, 0.25) is 0 Å². The molecule has 0 bridgehead atoms. The molecule has 4 heteroatoms. The Balaban J connectivity index is 1.79. The Morgan fingerprint density at radius 1 is 1.26 bits per heavy atom. The smallest absolute Gasteiger partial charge is 0.273 e. The van der Waals surface area contributed by atoms with Gasteiger partial charge in [-0.05, 0) is 38.6 Å². The van der Waals surface area contributed by atoms with Crippen molar-refractivity contribution in [3.8, 4) is 0 Å². The van der Waals surface area contributed by atoms with Gasteiger partial charge in [-0.25, -0.2) is 0 Å². The summed E-state index contributed by atoms with van der Waals surface area (Å²) >= 11 is 0. The first-order valence-electron chi connectivity index (χ1n) is 6.88. The van der Waals surface area contributed by atoms with Crippen LogP contribution in [0.2, 0.25) is 0 Å². The van der Waals surface area contributed by atoms with Gasteiger partial charge in [-0.2, -0.15) is 0 Å². The number of nitro groups is 1. The number of nitrogens with one attached hydrogen (secondary N) is 1. The molecule has 1 aromatic rings. The average molecular weight is 260 g/mol. The van der Waals surface area contributed by atoms with Crippen LogP contribution in [0.25, 0.3) is 0 Å². The Hall–Kier alpha value is -1.68. The molecule has 0 fully saturated rings. The summed E-state index contributed by atoms with van der Waals surface area (Å²) in [5, 5.41) is 14.2. The summed E-state index contributed by atoms with van der Waals surface area (Å²) in [4.78, 5) is 10.6. The highest BCUT2D eigenvalue weighted by Crippen LogP contribution is 2.20. The second-order valence-corrected chi connectivity index (χ2v) is 4.92. The summed E-state index contributed by atoms with van der Waals surface area (Å²) in [5.41, 5.74) is 2.48. The van der Waals surface area contributed by atoms with Crippen LogP contribution in [-0.4, -0.2) is 11.5 Å². The predicted octanol–water partition coefficient (Wildman–Crippen LogP) is 3.57. The first kappa shape index (κ1) is 13.7. The van der Waals surface area contributed by atoms with E-state index in [4.69, 9.17) is 0 Å². The van der Waals surface area contributed by atoms with Crippen molar-refractivity contribution in [1.82, 2.24) is 5.32 Å². The van der Waals surface area contributed by atoms with E-state index >= 15 is 0 Å². The van der Waals surface area contributed by atoms with Crippen LogP contribution in [-0.2, 0) is 6.54 Å². The molecule has 0 unspecified atom stereocenters. The van der Waals surface area contributed by atoms with Crippen LogP contribution >= 0.6 is 0 Å². The quantitative estimate of drug-likeness (QED) is 0.368. The summed E-state index contributed by atoms with van der Waals surface area (Å²) in [6.45, 7) is 1.45. The molecule has 1 aliphatic rings. The van der Waals surface area contributed by atoms with Gasteiger partial charge in [-0.3, -0.25) is 10.1 Å². The lowest BCUT2D eigenvalue weighted by molar-refractivity contribution is -0.385. The molecular formula is C15H20N2O2. The zero-order valence-corrected chi connectivity index (χ0v) is 11.1. The van der Waals surface area contributed by atoms with Gasteiger partial charge in [0, 0.05) is 18.2 Å². The summed E-state index contributed by atoms with van der Waals surface area (Å²) in [5.74, 6) is 0. The SMILES string of the molecule is O=[N+]([O-])c1ccccc1CNCCC1=CCCCC1. The Labute approximate surface area is 113 Å². The molecule has 19 heavy (non-hydrogen) atoms. The lowest BCUT2D eigenvalue weighted by Crippen LogP contribution is -2.16. The number of hydrogen-bond donors (Lipinski definition) is 1. The molecule has 0 aliphatic heterocycles. The zero-order chi connectivity index (χ0) is 13.5. The fourth-order valence-electron chi connectivity index (χ4n) is 2.44. The second-order valence-electron chi connectivity index (χ2n) is 4.92. The highest BCUT2D eigenvalue weighted by atomic mass is 16.6. The first-order valence-corrected chi connectivity index (χ1v) is 6.88. The van der Waals surface area contributed by atoms with Gasteiger partial charge >= 0.3 is 0 Å². The molecule has 0 saturated carbocycles. The molecule has 0 heterocycles. The minimum absolute atomic E-state index is 0.201. The van der Waals surface area contributed by atoms with E-state index in [1.165, 1.54) is 31.3 Å². The largest absolute Gasteiger partial charge is 0.312 e. The number of nitro benzene ring substituents is 1. The highest BCUT2D eigenvalue weighted by molar-refractivity contribution is 5.39. The fraction of sp³-hybridized carbons (Fsp3) is 0.467. The maximum Gasteiger partial charge on any atom is 0.273 e. The van der Waals surface area contributed by atoms with Crippen molar-refractivity contribution in [1.29, 1.82) is 0 Å². The van der Waals surface area contributed by atoms with Gasteiger partial charge in [0.15, 0.2) is 0 Å². The molecule has 0 aromatic heterocycles. The van der Waals surface area contributed by atoms with E-state index in [1.54, 1.807) is 12.1 Å². The van der Waals surface area contributed by atoms with Gasteiger partial charge in [0.25, 0.3) is 5.69 Å². The standard InChI is InChI=1S/C15H20N2O2/c18-17(19)15-9-5-4-8-14(15)12-16-11-10-13-6-2-1-3-7-13/h4-6,8-9,16H,1-3,7,10-12H2. The highest BCUT2D eigenvalue weighted by Gasteiger charge is 2.11. The molecule has 0 amide bonds. The molecule has 0 spiro atoms. The minimum atomic E-state index is -0.319. The summed E-state index contributed by atoms with van der Waals surface area (Å²) < 4.78 is 0. The molecular weight excluding hydrogens is 240 g/mol. The monoisotopic (exact) mass is 260 g/mol. The minimum Gasteiger partial charge on any atom is -0.312 e. The Morgan fingerprint density at radius 2 is 2.11 bits per heavy atom. The number of para-hydroxylation sites is 1. The third kappa shape index (κ3) is 4.17. The fourth-order valence-corrected chi connectivity index (χ4v) is 2.44. The Bertz CT molecular complexity index is 469. The molecule has 0 saturated heterocycles. The Morgan fingerprint density at radius 3 is 2.84 bits per heavy atom. The van der Waals surface area contributed by atoms with Crippen molar-refractivity contribution in [2.75, 3.05) is 6.54 Å². The topological polar surface area (TPSA) is 55.2 Å². The van der Waals surface area contributed by atoms with Gasteiger partial charge in [-0.1, -0.05) is 29.8 Å². The first-order chi connectivity index (χ1) is 9.27. The van der Waals surface area contributed by atoms with Gasteiger partial charge in [0.05, 0.1) is 4.92 Å².